The number of aryl methyl sites for hydroxylation is 1. The van der Waals surface area contributed by atoms with Gasteiger partial charge in [0.25, 0.3) is 0 Å². The van der Waals surface area contributed by atoms with Gasteiger partial charge < -0.3 is 8.92 Å². The van der Waals surface area contributed by atoms with Crippen molar-refractivity contribution in [1.82, 2.24) is 0 Å². The number of rotatable bonds is 5. The van der Waals surface area contributed by atoms with E-state index in [0.717, 1.165) is 5.56 Å². The molecule has 0 radical (unpaired) electrons. The van der Waals surface area contributed by atoms with Crippen molar-refractivity contribution in [3.8, 4) is 5.75 Å². The molecular formula is C16H16O5S. The van der Waals surface area contributed by atoms with E-state index >= 15 is 0 Å². The average molecular weight is 320 g/mol. The van der Waals surface area contributed by atoms with Crippen molar-refractivity contribution in [2.45, 2.75) is 18.2 Å². The van der Waals surface area contributed by atoms with E-state index in [1.807, 2.05) is 6.92 Å². The van der Waals surface area contributed by atoms with Gasteiger partial charge in [-0.3, -0.25) is 4.79 Å². The first-order chi connectivity index (χ1) is 10.4. The zero-order chi connectivity index (χ0) is 16.2. The molecule has 22 heavy (non-hydrogen) atoms. The van der Waals surface area contributed by atoms with Crippen LogP contribution in [-0.4, -0.2) is 21.5 Å². The summed E-state index contributed by atoms with van der Waals surface area (Å²) >= 11 is 0. The fourth-order valence-corrected chi connectivity index (χ4v) is 2.79. The maximum Gasteiger partial charge on any atom is 0.339 e. The number of hydrogen-bond donors (Lipinski definition) is 0. The van der Waals surface area contributed by atoms with Gasteiger partial charge >= 0.3 is 16.1 Å². The summed E-state index contributed by atoms with van der Waals surface area (Å²) in [5.74, 6) is -0.350. The van der Waals surface area contributed by atoms with Crippen LogP contribution in [0, 0.1) is 6.92 Å². The minimum atomic E-state index is -3.95. The van der Waals surface area contributed by atoms with Crippen LogP contribution in [0.25, 0.3) is 0 Å². The molecule has 116 valence electrons. The van der Waals surface area contributed by atoms with Gasteiger partial charge in [0.05, 0.1) is 13.5 Å². The van der Waals surface area contributed by atoms with Gasteiger partial charge in [-0.25, -0.2) is 0 Å². The Bertz CT molecular complexity index is 763. The van der Waals surface area contributed by atoms with Gasteiger partial charge in [0.1, 0.15) is 10.6 Å². The maximum absolute atomic E-state index is 12.3. The zero-order valence-electron chi connectivity index (χ0n) is 12.3. The number of hydrogen-bond acceptors (Lipinski definition) is 5. The monoisotopic (exact) mass is 320 g/mol. The van der Waals surface area contributed by atoms with Gasteiger partial charge in [0.2, 0.25) is 0 Å². The molecule has 0 atom stereocenters. The molecule has 0 saturated heterocycles. The van der Waals surface area contributed by atoms with Crippen molar-refractivity contribution >= 4 is 16.1 Å². The average Bonchev–Trinajstić information content (AvgIpc) is 2.49. The Hall–Kier alpha value is -2.34. The molecule has 0 fully saturated rings. The Morgan fingerprint density at radius 2 is 1.68 bits per heavy atom. The van der Waals surface area contributed by atoms with Crippen LogP contribution < -0.4 is 4.18 Å². The van der Waals surface area contributed by atoms with Gasteiger partial charge in [-0.1, -0.05) is 35.9 Å². The predicted molar refractivity (Wildman–Crippen MR) is 81.2 cm³/mol. The summed E-state index contributed by atoms with van der Waals surface area (Å²) in [7, 11) is -2.67. The summed E-state index contributed by atoms with van der Waals surface area (Å²) in [5.41, 5.74) is 1.40. The van der Waals surface area contributed by atoms with Crippen LogP contribution in [0.4, 0.5) is 0 Å². The van der Waals surface area contributed by atoms with Crippen LogP contribution >= 0.6 is 0 Å². The third-order valence-corrected chi connectivity index (χ3v) is 4.29. The molecule has 2 rings (SSSR count). The van der Waals surface area contributed by atoms with Crippen LogP contribution in [0.2, 0.25) is 0 Å². The molecule has 0 unspecified atom stereocenters. The molecule has 0 heterocycles. The Balaban J connectivity index is 2.30. The molecule has 5 nitrogen and oxygen atoms in total. The van der Waals surface area contributed by atoms with Crippen LogP contribution in [0.3, 0.4) is 0 Å². The molecule has 0 bridgehead atoms. The first kappa shape index (κ1) is 16.0. The van der Waals surface area contributed by atoms with Gasteiger partial charge in [-0.2, -0.15) is 8.42 Å². The third kappa shape index (κ3) is 3.85. The highest BCUT2D eigenvalue weighted by Gasteiger charge is 2.19. The number of carbonyl (C=O) groups excluding carboxylic acids is 1. The SMILES string of the molecule is COC(=O)Cc1ccccc1OS(=O)(=O)c1ccc(C)cc1. The summed E-state index contributed by atoms with van der Waals surface area (Å²) in [6, 6.07) is 12.8. The van der Waals surface area contributed by atoms with Crippen LogP contribution in [-0.2, 0) is 26.1 Å². The Kier molecular flexibility index (Phi) is 4.82. The van der Waals surface area contributed by atoms with Gasteiger partial charge in [0, 0.05) is 5.56 Å². The molecule has 6 heteroatoms. The summed E-state index contributed by atoms with van der Waals surface area (Å²) in [6.45, 7) is 1.86. The fourth-order valence-electron chi connectivity index (χ4n) is 1.83. The minimum Gasteiger partial charge on any atom is -0.469 e. The van der Waals surface area contributed by atoms with Crippen molar-refractivity contribution in [3.63, 3.8) is 0 Å². The highest BCUT2D eigenvalue weighted by atomic mass is 32.2. The summed E-state index contributed by atoms with van der Waals surface area (Å²) in [6.07, 6.45) is -0.0594. The smallest absolute Gasteiger partial charge is 0.339 e. The summed E-state index contributed by atoms with van der Waals surface area (Å²) in [5, 5.41) is 0. The zero-order valence-corrected chi connectivity index (χ0v) is 13.1. The maximum atomic E-state index is 12.3. The van der Waals surface area contributed by atoms with E-state index in [1.165, 1.54) is 25.3 Å². The lowest BCUT2D eigenvalue weighted by Gasteiger charge is -2.11. The lowest BCUT2D eigenvalue weighted by atomic mass is 10.1. The molecule has 0 spiro atoms. The van der Waals surface area contributed by atoms with E-state index in [1.54, 1.807) is 30.3 Å². The molecule has 0 aliphatic rings. The number of methoxy groups -OCH3 is 1. The van der Waals surface area contributed by atoms with Crippen molar-refractivity contribution in [1.29, 1.82) is 0 Å². The molecule has 2 aromatic rings. The van der Waals surface area contributed by atoms with Crippen molar-refractivity contribution in [2.75, 3.05) is 7.11 Å². The normalized spacial score (nSPS) is 11.0. The van der Waals surface area contributed by atoms with E-state index < -0.39 is 16.1 Å². The second-order valence-electron chi connectivity index (χ2n) is 4.71. The number of ether oxygens (including phenoxy) is 1. The first-order valence-electron chi connectivity index (χ1n) is 6.58. The first-order valence-corrected chi connectivity index (χ1v) is 7.99. The molecular weight excluding hydrogens is 304 g/mol. The lowest BCUT2D eigenvalue weighted by Crippen LogP contribution is -2.12. The van der Waals surface area contributed by atoms with Crippen LogP contribution in [0.1, 0.15) is 11.1 Å². The van der Waals surface area contributed by atoms with E-state index in [9.17, 15) is 13.2 Å². The number of carbonyl (C=O) groups is 1. The van der Waals surface area contributed by atoms with E-state index in [-0.39, 0.29) is 17.1 Å². The molecule has 0 amide bonds. The molecule has 0 saturated carbocycles. The quantitative estimate of drug-likeness (QED) is 0.625. The third-order valence-electron chi connectivity index (χ3n) is 3.04. The van der Waals surface area contributed by atoms with E-state index in [0.29, 0.717) is 5.56 Å². The van der Waals surface area contributed by atoms with E-state index in [4.69, 9.17) is 4.18 Å². The fraction of sp³-hybridized carbons (Fsp3) is 0.188. The molecule has 0 aliphatic heterocycles. The topological polar surface area (TPSA) is 69.7 Å². The summed E-state index contributed by atoms with van der Waals surface area (Å²) < 4.78 is 34.3. The van der Waals surface area contributed by atoms with Crippen molar-refractivity contribution < 1.29 is 22.1 Å². The number of esters is 1. The second-order valence-corrected chi connectivity index (χ2v) is 6.26. The largest absolute Gasteiger partial charge is 0.469 e. The molecule has 0 N–H and O–H groups in total. The number of para-hydroxylation sites is 1. The highest BCUT2D eigenvalue weighted by molar-refractivity contribution is 7.87. The molecule has 0 aromatic heterocycles. The molecule has 0 aliphatic carbocycles. The standard InChI is InChI=1S/C16H16O5S/c1-12-7-9-14(10-8-12)22(18,19)21-15-6-4-3-5-13(15)11-16(17)20-2/h3-10H,11H2,1-2H3. The van der Waals surface area contributed by atoms with Crippen LogP contribution in [0.5, 0.6) is 5.75 Å². The Morgan fingerprint density at radius 1 is 1.05 bits per heavy atom. The highest BCUT2D eigenvalue weighted by Crippen LogP contribution is 2.23. The molecule has 2 aromatic carbocycles. The second kappa shape index (κ2) is 6.62. The minimum absolute atomic E-state index is 0.0594. The van der Waals surface area contributed by atoms with Gasteiger partial charge in [-0.05, 0) is 25.1 Å². The van der Waals surface area contributed by atoms with E-state index in [2.05, 4.69) is 4.74 Å². The van der Waals surface area contributed by atoms with Gasteiger partial charge in [0.15, 0.2) is 0 Å². The number of benzene rings is 2. The lowest BCUT2D eigenvalue weighted by molar-refractivity contribution is -0.139. The summed E-state index contributed by atoms with van der Waals surface area (Å²) in [4.78, 5) is 11.4. The van der Waals surface area contributed by atoms with Crippen LogP contribution in [0.15, 0.2) is 53.4 Å². The van der Waals surface area contributed by atoms with Crippen molar-refractivity contribution in [2.24, 2.45) is 0 Å². The van der Waals surface area contributed by atoms with Crippen molar-refractivity contribution in [3.05, 3.63) is 59.7 Å². The Morgan fingerprint density at radius 3 is 2.32 bits per heavy atom. The predicted octanol–water partition coefficient (Wildman–Crippen LogP) is 2.48. The van der Waals surface area contributed by atoms with Gasteiger partial charge in [-0.15, -0.1) is 0 Å². The Labute approximate surface area is 129 Å².